The first-order chi connectivity index (χ1) is 39.1. The minimum Gasteiger partial charge on any atom is -0.480 e. The average molecular weight is 1140 g/mol. The number of aromatic nitrogens is 2. The number of aliphatic carboxylic acids is 1. The van der Waals surface area contributed by atoms with Gasteiger partial charge in [0.05, 0.1) is 61.2 Å². The van der Waals surface area contributed by atoms with E-state index in [1.54, 1.807) is 50.2 Å². The molecule has 3 aliphatic heterocycles. The van der Waals surface area contributed by atoms with Crippen LogP contribution in [0, 0.1) is 18.7 Å². The number of ether oxygens (including phenoxy) is 2. The fraction of sp³-hybridized carbons (Fsp3) is 0.464. The van der Waals surface area contributed by atoms with E-state index in [9.17, 15) is 57.8 Å². The number of amides is 8. The Bertz CT molecular complexity index is 3380. The number of fused-ring (bicyclic) bond motifs is 5. The molecule has 9 N–H and O–H groups in total. The highest BCUT2D eigenvalue weighted by Gasteiger charge is 2.48. The number of nitrogens with zero attached hydrogens (tertiary/aromatic N) is 3. The van der Waals surface area contributed by atoms with Gasteiger partial charge in [0.2, 0.25) is 41.4 Å². The molecule has 5 heterocycles. The fourth-order valence-electron chi connectivity index (χ4n) is 11.6. The molecule has 0 spiro atoms. The number of likely N-dealkylation sites (tertiary alicyclic amines) is 1. The molecule has 2 aliphatic carbocycles. The van der Waals surface area contributed by atoms with E-state index >= 15 is 4.39 Å². The minimum atomic E-state index is -2.07. The summed E-state index contributed by atoms with van der Waals surface area (Å²) in [5.74, 6) is -9.08. The number of carbonyl (C=O) groups is 10. The molecule has 8 amide bonds. The van der Waals surface area contributed by atoms with Crippen LogP contribution in [0.4, 0.5) is 4.39 Å². The molecule has 434 valence electrons. The number of aryl methyl sites for hydroxylation is 1. The van der Waals surface area contributed by atoms with Gasteiger partial charge >= 0.3 is 11.9 Å². The van der Waals surface area contributed by atoms with Crippen LogP contribution in [0.1, 0.15) is 104 Å². The number of esters is 1. The highest BCUT2D eigenvalue weighted by Crippen LogP contribution is 2.46. The number of imide groups is 1. The van der Waals surface area contributed by atoms with Gasteiger partial charge in [-0.05, 0) is 80.2 Å². The van der Waals surface area contributed by atoms with Crippen LogP contribution in [0.5, 0.6) is 0 Å². The summed E-state index contributed by atoms with van der Waals surface area (Å²) in [6.07, 6.45) is 2.39. The number of carboxylic acids is 1. The van der Waals surface area contributed by atoms with Crippen molar-refractivity contribution >= 4 is 70.1 Å². The third kappa shape index (κ3) is 11.5. The second-order valence-electron chi connectivity index (χ2n) is 21.2. The van der Waals surface area contributed by atoms with Crippen LogP contribution in [-0.2, 0) is 89.0 Å². The summed E-state index contributed by atoms with van der Waals surface area (Å²) in [6.45, 7) is 1.16. The van der Waals surface area contributed by atoms with Crippen molar-refractivity contribution in [3.05, 3.63) is 97.6 Å². The van der Waals surface area contributed by atoms with Crippen LogP contribution in [0.2, 0.25) is 0 Å². The zero-order chi connectivity index (χ0) is 58.8. The lowest BCUT2D eigenvalue weighted by atomic mass is 9.81. The van der Waals surface area contributed by atoms with E-state index in [-0.39, 0.29) is 43.5 Å². The summed E-state index contributed by atoms with van der Waals surface area (Å²) in [5, 5.41) is 39.1. The number of halogens is 1. The molecule has 0 bridgehead atoms. The number of hydrogen-bond acceptors (Lipinski definition) is 16. The topological polar surface area (TPSA) is 352 Å². The first-order valence-electron chi connectivity index (χ1n) is 27.1. The van der Waals surface area contributed by atoms with Crippen molar-refractivity contribution in [2.75, 3.05) is 39.5 Å². The second-order valence-corrected chi connectivity index (χ2v) is 21.2. The third-order valence-electron chi connectivity index (χ3n) is 16.0. The van der Waals surface area contributed by atoms with Crippen molar-refractivity contribution < 1.29 is 72.0 Å². The Balaban J connectivity index is 0.815. The fourth-order valence-corrected chi connectivity index (χ4v) is 11.6. The molecule has 26 heteroatoms. The smallest absolute Gasteiger partial charge is 0.343 e. The van der Waals surface area contributed by atoms with E-state index in [4.69, 9.17) is 19.6 Å². The van der Waals surface area contributed by atoms with Gasteiger partial charge in [-0.2, -0.15) is 0 Å². The van der Waals surface area contributed by atoms with Crippen LogP contribution in [0.15, 0.2) is 47.3 Å². The molecule has 5 aliphatic rings. The quantitative estimate of drug-likeness (QED) is 0.0241. The summed E-state index contributed by atoms with van der Waals surface area (Å²) in [4.78, 5) is 150. The molecule has 1 saturated carbocycles. The molecular weight excluding hydrogens is 1070 g/mol. The van der Waals surface area contributed by atoms with E-state index in [0.29, 0.717) is 83.1 Å². The summed E-state index contributed by atoms with van der Waals surface area (Å²) < 4.78 is 28.5. The number of nitrogens with one attached hydrogen (secondary N) is 7. The number of benzene rings is 2. The summed E-state index contributed by atoms with van der Waals surface area (Å²) in [5.41, 5.74) is 0.371. The third-order valence-corrected chi connectivity index (χ3v) is 16.0. The zero-order valence-corrected chi connectivity index (χ0v) is 45.3. The van der Waals surface area contributed by atoms with Crippen LogP contribution < -0.4 is 42.8 Å². The van der Waals surface area contributed by atoms with Gasteiger partial charge in [0, 0.05) is 47.9 Å². The molecule has 2 aromatic heterocycles. The Kier molecular flexibility index (Phi) is 17.0. The lowest BCUT2D eigenvalue weighted by molar-refractivity contribution is -0.172. The molecule has 1 unspecified atom stereocenters. The summed E-state index contributed by atoms with van der Waals surface area (Å²) in [7, 11) is 0. The predicted octanol–water partition coefficient (Wildman–Crippen LogP) is -0.452. The predicted molar refractivity (Wildman–Crippen MR) is 285 cm³/mol. The summed E-state index contributed by atoms with van der Waals surface area (Å²) in [6, 6.07) is 8.14. The first kappa shape index (κ1) is 58.2. The Morgan fingerprint density at radius 2 is 1.59 bits per heavy atom. The van der Waals surface area contributed by atoms with Gasteiger partial charge in [-0.25, -0.2) is 14.2 Å². The van der Waals surface area contributed by atoms with Gasteiger partial charge in [0.15, 0.2) is 5.60 Å². The molecule has 4 aromatic rings. The Labute approximate surface area is 467 Å². The van der Waals surface area contributed by atoms with Crippen molar-refractivity contribution in [1.29, 1.82) is 0 Å². The van der Waals surface area contributed by atoms with Crippen molar-refractivity contribution in [3.8, 4) is 11.4 Å². The monoisotopic (exact) mass is 1130 g/mol. The van der Waals surface area contributed by atoms with Crippen molar-refractivity contribution in [1.82, 2.24) is 51.7 Å². The maximum absolute atomic E-state index is 15.6. The molecule has 5 atom stereocenters. The minimum absolute atomic E-state index is 0.0280. The van der Waals surface area contributed by atoms with Crippen molar-refractivity contribution in [2.45, 2.75) is 121 Å². The first-order valence-corrected chi connectivity index (χ1v) is 27.1. The van der Waals surface area contributed by atoms with Gasteiger partial charge in [0.25, 0.3) is 11.5 Å². The molecule has 2 aromatic carbocycles. The summed E-state index contributed by atoms with van der Waals surface area (Å²) >= 11 is 0. The highest BCUT2D eigenvalue weighted by atomic mass is 19.1. The van der Waals surface area contributed by atoms with Crippen LogP contribution in [-0.4, -0.2) is 141 Å². The molecule has 25 nitrogen and oxygen atoms in total. The second kappa shape index (κ2) is 23.9. The number of rotatable bonds is 22. The molecule has 82 heavy (non-hydrogen) atoms. The number of carboxylic acid groups (broad SMARTS) is 1. The lowest BCUT2D eigenvalue weighted by Gasteiger charge is -2.34. The number of pyridine rings is 2. The van der Waals surface area contributed by atoms with Gasteiger partial charge in [0.1, 0.15) is 36.8 Å². The molecule has 2 fully saturated rings. The number of aliphatic hydroxyl groups is 1. The zero-order valence-electron chi connectivity index (χ0n) is 45.3. The van der Waals surface area contributed by atoms with E-state index < -0.39 is 145 Å². The largest absolute Gasteiger partial charge is 0.480 e. The van der Waals surface area contributed by atoms with Crippen LogP contribution in [0.25, 0.3) is 22.3 Å². The highest BCUT2D eigenvalue weighted by molar-refractivity contribution is 6.07. The van der Waals surface area contributed by atoms with E-state index in [2.05, 4.69) is 37.2 Å². The standard InChI is InChI=1S/C56H63FN10O15/c1-4-56(80)34-18-39-48-32(25-66(39)52(77)33(34)26-81-54(56)79)47-36(13-12-31-29(3)35(57)19-37(64-48)46(31)47)65-53(78)55(14-8-9-15-55)82-27-62-42(69)22-60-49(74)38(17-30-10-6-5-7-11-30)63-43(70)23-59-41(68)21-61-50(75)40(20-58-24-45(72)73)67-44(71)16-28(2)51(67)76/h5-7,10-11,18-19,28,36,38,40,58,80H,4,8-9,12-17,20-27H2,1-3H3,(H,59,68)(H,60,74)(H,61,75)(H,62,69)(H,63,70)(H,65,78)(H,72,73)/t28?,36-,38-,40+,56-/m0/s1. The van der Waals surface area contributed by atoms with Crippen molar-refractivity contribution in [2.24, 2.45) is 5.92 Å². The Morgan fingerprint density at radius 3 is 2.27 bits per heavy atom. The molecule has 1 saturated heterocycles. The average Bonchev–Trinajstić information content (AvgIpc) is 4.18. The normalized spacial score (nSPS) is 20.0. The number of hydrogen-bond donors (Lipinski definition) is 9. The molecular formula is C56H63FN10O15. The SMILES string of the molecule is CC[C@@]1(O)C(=O)OCc2c1cc1n(c2=O)Cc2c-1nc1cc(F)c(C)c3c1c2[C@@H](NC(=O)C1(OCNC(=O)CNC(=O)[C@H](Cc2ccccc2)NC(=O)CNC(=O)CNC(=O)[C@@H](CNCC(=O)O)N2C(=O)CC(C)C2=O)CCCC1)CC3. The Hall–Kier alpha value is -8.49. The molecule has 0 radical (unpaired) electrons. The van der Waals surface area contributed by atoms with E-state index in [0.717, 1.165) is 10.5 Å². The lowest BCUT2D eigenvalue weighted by Crippen LogP contribution is -2.56. The maximum Gasteiger partial charge on any atom is 0.343 e. The van der Waals surface area contributed by atoms with E-state index in [1.807, 2.05) is 0 Å². The van der Waals surface area contributed by atoms with Gasteiger partial charge < -0.3 is 61.5 Å². The van der Waals surface area contributed by atoms with Crippen LogP contribution >= 0.6 is 0 Å². The Morgan fingerprint density at radius 1 is 0.890 bits per heavy atom. The number of carbonyl (C=O) groups excluding carboxylic acids is 9. The molecule has 9 rings (SSSR count). The van der Waals surface area contributed by atoms with E-state index in [1.165, 1.54) is 17.6 Å². The number of cyclic esters (lactones) is 1. The van der Waals surface area contributed by atoms with Crippen LogP contribution in [0.3, 0.4) is 0 Å². The van der Waals surface area contributed by atoms with Crippen molar-refractivity contribution in [3.63, 3.8) is 0 Å². The van der Waals surface area contributed by atoms with Gasteiger partial charge in [-0.1, -0.05) is 44.2 Å². The maximum atomic E-state index is 15.6. The van der Waals surface area contributed by atoms with Gasteiger partial charge in [-0.15, -0.1) is 0 Å². The van der Waals surface area contributed by atoms with Gasteiger partial charge in [-0.3, -0.25) is 52.8 Å².